The van der Waals surface area contributed by atoms with Crippen molar-refractivity contribution in [2.45, 2.75) is 13.8 Å². The van der Waals surface area contributed by atoms with Crippen LogP contribution in [0.25, 0.3) is 11.3 Å². The highest BCUT2D eigenvalue weighted by molar-refractivity contribution is 6.19. The smallest absolute Gasteiger partial charge is 0.269 e. The lowest BCUT2D eigenvalue weighted by Crippen LogP contribution is -2.08. The monoisotopic (exact) mass is 378 g/mol. The van der Waals surface area contributed by atoms with Crippen LogP contribution in [0.3, 0.4) is 0 Å². The van der Waals surface area contributed by atoms with Gasteiger partial charge >= 0.3 is 0 Å². The zero-order valence-corrected chi connectivity index (χ0v) is 15.6. The lowest BCUT2D eigenvalue weighted by atomic mass is 9.94. The van der Waals surface area contributed by atoms with Crippen LogP contribution in [0.2, 0.25) is 0 Å². The van der Waals surface area contributed by atoms with Crippen LogP contribution in [-0.2, 0) is 0 Å². The summed E-state index contributed by atoms with van der Waals surface area (Å²) >= 11 is 0. The number of nitro groups is 1. The molecule has 0 aliphatic rings. The molecule has 142 valence electrons. The third-order valence-corrected chi connectivity index (χ3v) is 4.49. The van der Waals surface area contributed by atoms with Crippen LogP contribution in [0, 0.1) is 17.0 Å². The van der Waals surface area contributed by atoms with Gasteiger partial charge in [-0.1, -0.05) is 0 Å². The number of aromatic nitrogens is 1. The Hall–Kier alpha value is -3.74. The molecule has 3 aromatic rings. The lowest BCUT2D eigenvalue weighted by molar-refractivity contribution is -0.384. The van der Waals surface area contributed by atoms with Crippen molar-refractivity contribution in [3.63, 3.8) is 0 Å². The second-order valence-electron chi connectivity index (χ2n) is 6.29. The summed E-state index contributed by atoms with van der Waals surface area (Å²) in [6, 6.07) is 12.4. The molecule has 1 N–H and O–H groups in total. The molecule has 28 heavy (non-hydrogen) atoms. The van der Waals surface area contributed by atoms with E-state index in [2.05, 4.69) is 4.98 Å². The molecule has 0 aliphatic carbocycles. The molecule has 0 saturated heterocycles. The zero-order chi connectivity index (χ0) is 20.4. The fourth-order valence-corrected chi connectivity index (χ4v) is 3.15. The molecule has 0 amide bonds. The van der Waals surface area contributed by atoms with Gasteiger partial charge < -0.3 is 9.72 Å². The van der Waals surface area contributed by atoms with E-state index >= 15 is 0 Å². The first-order chi connectivity index (χ1) is 13.3. The van der Waals surface area contributed by atoms with Crippen molar-refractivity contribution >= 4 is 17.3 Å². The Balaban J connectivity index is 2.15. The molecule has 3 rings (SSSR count). The first kappa shape index (κ1) is 19.0. The predicted molar refractivity (Wildman–Crippen MR) is 104 cm³/mol. The number of carbonyl (C=O) groups is 2. The number of ketones is 2. The molecule has 0 radical (unpaired) electrons. The van der Waals surface area contributed by atoms with Gasteiger partial charge in [-0.15, -0.1) is 0 Å². The van der Waals surface area contributed by atoms with E-state index in [1.165, 1.54) is 31.2 Å². The number of ether oxygens (including phenoxy) is 1. The van der Waals surface area contributed by atoms with E-state index in [9.17, 15) is 19.7 Å². The van der Waals surface area contributed by atoms with Crippen molar-refractivity contribution in [2.24, 2.45) is 0 Å². The Kier molecular flexibility index (Phi) is 5.08. The molecule has 0 atom stereocenters. The van der Waals surface area contributed by atoms with Crippen molar-refractivity contribution in [3.8, 4) is 17.0 Å². The topological polar surface area (TPSA) is 102 Å². The highest BCUT2D eigenvalue weighted by Crippen LogP contribution is 2.32. The van der Waals surface area contributed by atoms with Crippen LogP contribution >= 0.6 is 0 Å². The van der Waals surface area contributed by atoms with Gasteiger partial charge in [0.1, 0.15) is 5.75 Å². The molecule has 7 heteroatoms. The maximum atomic E-state index is 13.2. The number of nitrogens with zero attached hydrogens (tertiary/aromatic N) is 1. The van der Waals surface area contributed by atoms with E-state index in [1.54, 1.807) is 38.3 Å². The van der Waals surface area contributed by atoms with Gasteiger partial charge in [0.15, 0.2) is 11.6 Å². The van der Waals surface area contributed by atoms with Crippen LogP contribution in [0.1, 0.15) is 38.9 Å². The molecule has 2 aromatic carbocycles. The van der Waals surface area contributed by atoms with E-state index < -0.39 is 4.92 Å². The van der Waals surface area contributed by atoms with Crippen LogP contribution in [0.4, 0.5) is 5.69 Å². The van der Waals surface area contributed by atoms with Crippen LogP contribution < -0.4 is 4.74 Å². The molecule has 1 heterocycles. The molecule has 1 aromatic heterocycles. The minimum Gasteiger partial charge on any atom is -0.497 e. The number of aromatic amines is 1. The fraction of sp³-hybridized carbons (Fsp3) is 0.143. The number of methoxy groups -OCH3 is 1. The first-order valence-electron chi connectivity index (χ1n) is 8.50. The Bertz CT molecular complexity index is 1060. The van der Waals surface area contributed by atoms with Crippen molar-refractivity contribution < 1.29 is 19.2 Å². The predicted octanol–water partition coefficient (Wildman–Crippen LogP) is 4.34. The number of nitrogens with one attached hydrogen (secondary N) is 1. The average Bonchev–Trinajstić information content (AvgIpc) is 3.04. The summed E-state index contributed by atoms with van der Waals surface area (Å²) in [6.45, 7) is 3.14. The number of H-pyrrole nitrogens is 1. The van der Waals surface area contributed by atoms with Gasteiger partial charge in [0, 0.05) is 29.0 Å². The maximum absolute atomic E-state index is 13.2. The molecular weight excluding hydrogens is 360 g/mol. The Morgan fingerprint density at radius 3 is 2.11 bits per heavy atom. The third kappa shape index (κ3) is 3.42. The number of non-ortho nitro benzene ring substituents is 1. The lowest BCUT2D eigenvalue weighted by Gasteiger charge is -2.07. The van der Waals surface area contributed by atoms with E-state index in [-0.39, 0.29) is 28.4 Å². The molecule has 0 unspecified atom stereocenters. The second kappa shape index (κ2) is 7.48. The average molecular weight is 378 g/mol. The van der Waals surface area contributed by atoms with Crippen LogP contribution in [-0.4, -0.2) is 28.6 Å². The number of rotatable bonds is 6. The highest BCUT2D eigenvalue weighted by atomic mass is 16.6. The van der Waals surface area contributed by atoms with Gasteiger partial charge in [0.25, 0.3) is 5.69 Å². The van der Waals surface area contributed by atoms with Crippen LogP contribution in [0.5, 0.6) is 5.75 Å². The van der Waals surface area contributed by atoms with Crippen molar-refractivity contribution in [2.75, 3.05) is 7.11 Å². The second-order valence-corrected chi connectivity index (χ2v) is 6.29. The number of benzene rings is 2. The SMILES string of the molecule is COc1ccc(-c2[nH]c(C)c(C(C)=O)c2C(=O)c2ccc([N+](=O)[O-])cc2)cc1. The Morgan fingerprint density at radius 1 is 1.00 bits per heavy atom. The Morgan fingerprint density at radius 2 is 1.61 bits per heavy atom. The largest absolute Gasteiger partial charge is 0.497 e. The molecule has 0 spiro atoms. The quantitative estimate of drug-likeness (QED) is 0.390. The summed E-state index contributed by atoms with van der Waals surface area (Å²) in [4.78, 5) is 38.9. The minimum atomic E-state index is -0.529. The van der Waals surface area contributed by atoms with E-state index in [0.29, 0.717) is 22.7 Å². The van der Waals surface area contributed by atoms with Crippen molar-refractivity contribution in [1.82, 2.24) is 4.98 Å². The minimum absolute atomic E-state index is 0.107. The van der Waals surface area contributed by atoms with Crippen molar-refractivity contribution in [3.05, 3.63) is 81.0 Å². The van der Waals surface area contributed by atoms with E-state index in [4.69, 9.17) is 4.74 Å². The molecule has 0 aliphatic heterocycles. The molecular formula is C21H18N2O5. The molecule has 7 nitrogen and oxygen atoms in total. The summed E-state index contributed by atoms with van der Waals surface area (Å²) in [7, 11) is 1.56. The normalized spacial score (nSPS) is 10.5. The maximum Gasteiger partial charge on any atom is 0.269 e. The number of hydrogen-bond donors (Lipinski definition) is 1. The van der Waals surface area contributed by atoms with Crippen LogP contribution in [0.15, 0.2) is 48.5 Å². The van der Waals surface area contributed by atoms with Gasteiger partial charge in [-0.25, -0.2) is 0 Å². The first-order valence-corrected chi connectivity index (χ1v) is 8.50. The van der Waals surface area contributed by atoms with Gasteiger partial charge in [-0.05, 0) is 55.8 Å². The third-order valence-electron chi connectivity index (χ3n) is 4.49. The number of nitro benzene ring substituents is 1. The number of hydrogen-bond acceptors (Lipinski definition) is 5. The number of aryl methyl sites for hydroxylation is 1. The zero-order valence-electron chi connectivity index (χ0n) is 15.6. The van der Waals surface area contributed by atoms with Crippen molar-refractivity contribution in [1.29, 1.82) is 0 Å². The standard InChI is InChI=1S/C21H18N2O5/c1-12-18(13(2)24)19(20(22-12)14-6-10-17(28-3)11-7-14)21(25)15-4-8-16(9-5-15)23(26)27/h4-11,22H,1-3H3. The number of carbonyl (C=O) groups excluding carboxylic acids is 2. The van der Waals surface area contributed by atoms with Gasteiger partial charge in [-0.3, -0.25) is 19.7 Å². The number of Topliss-reactive ketones (excluding diaryl/α,β-unsaturated/α-hetero) is 1. The van der Waals surface area contributed by atoms with Gasteiger partial charge in [-0.2, -0.15) is 0 Å². The highest BCUT2D eigenvalue weighted by Gasteiger charge is 2.26. The summed E-state index contributed by atoms with van der Waals surface area (Å²) < 4.78 is 5.16. The fourth-order valence-electron chi connectivity index (χ4n) is 3.15. The van der Waals surface area contributed by atoms with Gasteiger partial charge in [0.2, 0.25) is 0 Å². The molecule has 0 saturated carbocycles. The molecule has 0 bridgehead atoms. The Labute approximate surface area is 161 Å². The van der Waals surface area contributed by atoms with E-state index in [0.717, 1.165) is 5.56 Å². The summed E-state index contributed by atoms with van der Waals surface area (Å²) in [6.07, 6.45) is 0. The molecule has 0 fully saturated rings. The summed E-state index contributed by atoms with van der Waals surface area (Å²) in [5, 5.41) is 10.9. The van der Waals surface area contributed by atoms with Gasteiger partial charge in [0.05, 0.1) is 23.3 Å². The van der Waals surface area contributed by atoms with E-state index in [1.807, 2.05) is 0 Å². The summed E-state index contributed by atoms with van der Waals surface area (Å²) in [5.41, 5.74) is 2.56. The summed E-state index contributed by atoms with van der Waals surface area (Å²) in [5.74, 6) is 0.0519.